The third kappa shape index (κ3) is 2.43. The predicted molar refractivity (Wildman–Crippen MR) is 80.8 cm³/mol. The third-order valence-electron chi connectivity index (χ3n) is 4.44. The molecule has 2 heterocycles. The summed E-state index contributed by atoms with van der Waals surface area (Å²) < 4.78 is 7.01. The molecule has 3 rings (SSSR count). The predicted octanol–water partition coefficient (Wildman–Crippen LogP) is -0.0344. The van der Waals surface area contributed by atoms with Gasteiger partial charge in [-0.25, -0.2) is 15.0 Å². The number of rotatable bonds is 6. The SMILES string of the molecule is COC1CC(N(C)c2ncnc3c2ncn3C(CO)CO)C1. The lowest BCUT2D eigenvalue weighted by molar-refractivity contribution is 0.0265. The van der Waals surface area contributed by atoms with Crippen LogP contribution in [0.15, 0.2) is 12.7 Å². The molecule has 2 aromatic rings. The molecule has 0 atom stereocenters. The second-order valence-electron chi connectivity index (χ2n) is 5.63. The number of imidazole rings is 1. The lowest BCUT2D eigenvalue weighted by Gasteiger charge is -2.40. The summed E-state index contributed by atoms with van der Waals surface area (Å²) in [6.45, 7) is -0.343. The zero-order valence-electron chi connectivity index (χ0n) is 12.8. The van der Waals surface area contributed by atoms with E-state index < -0.39 is 6.04 Å². The minimum Gasteiger partial charge on any atom is -0.394 e. The summed E-state index contributed by atoms with van der Waals surface area (Å²) in [6.07, 6.45) is 5.33. The fourth-order valence-electron chi connectivity index (χ4n) is 2.82. The lowest BCUT2D eigenvalue weighted by atomic mass is 9.88. The first-order valence-corrected chi connectivity index (χ1v) is 7.34. The van der Waals surface area contributed by atoms with Crippen LogP contribution in [0.2, 0.25) is 0 Å². The Morgan fingerprint density at radius 2 is 2.05 bits per heavy atom. The Hall–Kier alpha value is -1.77. The summed E-state index contributed by atoms with van der Waals surface area (Å²) in [5.41, 5.74) is 1.30. The van der Waals surface area contributed by atoms with E-state index in [2.05, 4.69) is 19.9 Å². The van der Waals surface area contributed by atoms with Gasteiger partial charge in [-0.1, -0.05) is 0 Å². The summed E-state index contributed by atoms with van der Waals surface area (Å²) >= 11 is 0. The molecule has 0 aromatic carbocycles. The number of aliphatic hydroxyl groups is 2. The number of anilines is 1. The maximum Gasteiger partial charge on any atom is 0.165 e. The summed E-state index contributed by atoms with van der Waals surface area (Å²) in [6, 6.07) is -0.0701. The van der Waals surface area contributed by atoms with Crippen LogP contribution >= 0.6 is 0 Å². The molecule has 1 saturated carbocycles. The van der Waals surface area contributed by atoms with Gasteiger partial charge in [0.25, 0.3) is 0 Å². The lowest BCUT2D eigenvalue weighted by Crippen LogP contribution is -2.46. The number of methoxy groups -OCH3 is 1. The van der Waals surface area contributed by atoms with E-state index >= 15 is 0 Å². The first kappa shape index (κ1) is 15.1. The average molecular weight is 307 g/mol. The van der Waals surface area contributed by atoms with Crippen LogP contribution in [0.25, 0.3) is 11.2 Å². The molecular weight excluding hydrogens is 286 g/mol. The topological polar surface area (TPSA) is 96.5 Å². The van der Waals surface area contributed by atoms with Gasteiger partial charge in [0.05, 0.1) is 31.7 Å². The van der Waals surface area contributed by atoms with Gasteiger partial charge in [0.1, 0.15) is 6.33 Å². The Morgan fingerprint density at radius 1 is 1.32 bits per heavy atom. The van der Waals surface area contributed by atoms with Crippen molar-refractivity contribution in [3.63, 3.8) is 0 Å². The number of hydrogen-bond acceptors (Lipinski definition) is 7. The second-order valence-corrected chi connectivity index (χ2v) is 5.63. The van der Waals surface area contributed by atoms with Crippen LogP contribution in [-0.4, -0.2) is 69.2 Å². The third-order valence-corrected chi connectivity index (χ3v) is 4.44. The highest BCUT2D eigenvalue weighted by Gasteiger charge is 2.33. The molecule has 0 saturated heterocycles. The summed E-state index contributed by atoms with van der Waals surface area (Å²) in [7, 11) is 3.72. The number of aliphatic hydroxyl groups excluding tert-OH is 2. The highest BCUT2D eigenvalue weighted by atomic mass is 16.5. The largest absolute Gasteiger partial charge is 0.394 e. The molecular formula is C14H21N5O3. The van der Waals surface area contributed by atoms with Gasteiger partial charge >= 0.3 is 0 Å². The van der Waals surface area contributed by atoms with Gasteiger partial charge in [-0.15, -0.1) is 0 Å². The van der Waals surface area contributed by atoms with Crippen molar-refractivity contribution in [2.75, 3.05) is 32.3 Å². The van der Waals surface area contributed by atoms with E-state index in [0.29, 0.717) is 23.3 Å². The van der Waals surface area contributed by atoms with Crippen molar-refractivity contribution in [1.82, 2.24) is 19.5 Å². The Balaban J connectivity index is 1.91. The molecule has 0 bridgehead atoms. The van der Waals surface area contributed by atoms with Gasteiger partial charge in [0, 0.05) is 20.2 Å². The summed E-state index contributed by atoms with van der Waals surface area (Å²) in [4.78, 5) is 15.1. The molecule has 0 aliphatic heterocycles. The van der Waals surface area contributed by atoms with E-state index in [4.69, 9.17) is 4.74 Å². The molecule has 120 valence electrons. The summed E-state index contributed by atoms with van der Waals surface area (Å²) in [5, 5.41) is 18.7. The Kier molecular flexibility index (Phi) is 4.23. The van der Waals surface area contributed by atoms with E-state index in [1.54, 1.807) is 18.0 Å². The van der Waals surface area contributed by atoms with Crippen molar-refractivity contribution in [3.8, 4) is 0 Å². The Labute approximate surface area is 128 Å². The van der Waals surface area contributed by atoms with Crippen LogP contribution in [0.5, 0.6) is 0 Å². The van der Waals surface area contributed by atoms with Gasteiger partial charge in [0.15, 0.2) is 17.0 Å². The zero-order chi connectivity index (χ0) is 15.7. The molecule has 8 heteroatoms. The van der Waals surface area contributed by atoms with Crippen molar-refractivity contribution in [1.29, 1.82) is 0 Å². The van der Waals surface area contributed by atoms with Gasteiger partial charge < -0.3 is 24.4 Å². The molecule has 22 heavy (non-hydrogen) atoms. The van der Waals surface area contributed by atoms with Crippen molar-refractivity contribution in [3.05, 3.63) is 12.7 Å². The molecule has 1 aliphatic carbocycles. The smallest absolute Gasteiger partial charge is 0.165 e. The molecule has 2 aromatic heterocycles. The molecule has 1 aliphatic rings. The first-order valence-electron chi connectivity index (χ1n) is 7.34. The van der Waals surface area contributed by atoms with E-state index in [0.717, 1.165) is 18.7 Å². The van der Waals surface area contributed by atoms with Gasteiger partial charge in [-0.05, 0) is 12.8 Å². The number of aromatic nitrogens is 4. The fourth-order valence-corrected chi connectivity index (χ4v) is 2.82. The molecule has 2 N–H and O–H groups in total. The normalized spacial score (nSPS) is 21.3. The van der Waals surface area contributed by atoms with Crippen LogP contribution in [0.1, 0.15) is 18.9 Å². The first-order chi connectivity index (χ1) is 10.7. The van der Waals surface area contributed by atoms with Crippen LogP contribution in [-0.2, 0) is 4.74 Å². The van der Waals surface area contributed by atoms with Gasteiger partial charge in [-0.2, -0.15) is 0 Å². The minimum absolute atomic E-state index is 0.171. The van der Waals surface area contributed by atoms with Crippen molar-refractivity contribution < 1.29 is 14.9 Å². The van der Waals surface area contributed by atoms with Crippen LogP contribution in [0.4, 0.5) is 5.82 Å². The highest BCUT2D eigenvalue weighted by molar-refractivity contribution is 5.83. The van der Waals surface area contributed by atoms with E-state index in [1.165, 1.54) is 6.33 Å². The highest BCUT2D eigenvalue weighted by Crippen LogP contribution is 2.32. The van der Waals surface area contributed by atoms with Crippen LogP contribution in [0.3, 0.4) is 0 Å². The average Bonchev–Trinajstić information content (AvgIpc) is 2.91. The maximum absolute atomic E-state index is 9.35. The number of fused-ring (bicyclic) bond motifs is 1. The van der Waals surface area contributed by atoms with E-state index in [-0.39, 0.29) is 13.2 Å². The number of nitrogens with zero attached hydrogens (tertiary/aromatic N) is 5. The summed E-state index contributed by atoms with van der Waals surface area (Å²) in [5.74, 6) is 0.762. The monoisotopic (exact) mass is 307 g/mol. The van der Waals surface area contributed by atoms with E-state index in [9.17, 15) is 10.2 Å². The van der Waals surface area contributed by atoms with Crippen molar-refractivity contribution in [2.45, 2.75) is 31.0 Å². The molecule has 0 amide bonds. The Bertz CT molecular complexity index is 636. The van der Waals surface area contributed by atoms with Crippen LogP contribution in [0, 0.1) is 0 Å². The Morgan fingerprint density at radius 3 is 2.68 bits per heavy atom. The van der Waals surface area contributed by atoms with Crippen molar-refractivity contribution >= 4 is 17.0 Å². The molecule has 0 radical (unpaired) electrons. The number of hydrogen-bond donors (Lipinski definition) is 2. The van der Waals surface area contributed by atoms with Gasteiger partial charge in [-0.3, -0.25) is 0 Å². The zero-order valence-corrected chi connectivity index (χ0v) is 12.8. The number of ether oxygens (including phenoxy) is 1. The van der Waals surface area contributed by atoms with Crippen molar-refractivity contribution in [2.24, 2.45) is 0 Å². The molecule has 8 nitrogen and oxygen atoms in total. The maximum atomic E-state index is 9.35. The minimum atomic E-state index is -0.445. The molecule has 0 spiro atoms. The van der Waals surface area contributed by atoms with Gasteiger partial charge in [0.2, 0.25) is 0 Å². The quantitative estimate of drug-likeness (QED) is 0.773. The fraction of sp³-hybridized carbons (Fsp3) is 0.643. The standard InChI is InChI=1S/C14H21N5O3/c1-18(9-3-11(4-9)22-2)13-12-14(16-7-15-13)19(8-17-12)10(5-20)6-21/h7-11,20-21H,3-6H2,1-2H3. The van der Waals surface area contributed by atoms with Crippen LogP contribution < -0.4 is 4.90 Å². The molecule has 1 fully saturated rings. The van der Waals surface area contributed by atoms with E-state index in [1.807, 2.05) is 7.05 Å². The second kappa shape index (κ2) is 6.15. The molecule has 0 unspecified atom stereocenters.